The zero-order valence-corrected chi connectivity index (χ0v) is 16.5. The third-order valence-electron chi connectivity index (χ3n) is 4.20. The molecule has 0 atom stereocenters. The molecule has 3 N–H and O–H groups in total. The highest BCUT2D eigenvalue weighted by Crippen LogP contribution is 2.27. The van der Waals surface area contributed by atoms with Crippen LogP contribution < -0.4 is 4.72 Å². The summed E-state index contributed by atoms with van der Waals surface area (Å²) in [4.78, 5) is 15.9. The second-order valence-electron chi connectivity index (χ2n) is 6.76. The summed E-state index contributed by atoms with van der Waals surface area (Å²) in [5.74, 6) is -0.971. The Balaban J connectivity index is 2.33. The Kier molecular flexibility index (Phi) is 5.24. The zero-order chi connectivity index (χ0) is 20.6. The van der Waals surface area contributed by atoms with Crippen LogP contribution >= 0.6 is 0 Å². The molecule has 0 aliphatic carbocycles. The fourth-order valence-corrected chi connectivity index (χ4v) is 4.37. The summed E-state index contributed by atoms with van der Waals surface area (Å²) in [5, 5.41) is 19.2. The van der Waals surface area contributed by atoms with E-state index in [1.165, 1.54) is 12.1 Å². The standard InChI is InChI=1S/C19H21N3O5S/c1-11(2)21-28(26,27)15-8-13(19(24)25)7-14(9-15)22-16-6-4-5-12(3)18(16)20-17(22)10-23/h4-9,11,21,23H,10H2,1-3H3,(H,24,25). The molecule has 0 aliphatic rings. The number of hydrogen-bond donors (Lipinski definition) is 3. The van der Waals surface area contributed by atoms with E-state index in [1.807, 2.05) is 19.1 Å². The molecule has 3 rings (SSSR count). The van der Waals surface area contributed by atoms with E-state index in [4.69, 9.17) is 0 Å². The predicted octanol–water partition coefficient (Wildman–Crippen LogP) is 2.21. The van der Waals surface area contributed by atoms with Crippen LogP contribution in [0, 0.1) is 6.92 Å². The van der Waals surface area contributed by atoms with Crippen molar-refractivity contribution < 1.29 is 23.4 Å². The van der Waals surface area contributed by atoms with Crippen LogP contribution in [-0.4, -0.2) is 40.2 Å². The fraction of sp³-hybridized carbons (Fsp3) is 0.263. The minimum atomic E-state index is -3.92. The van der Waals surface area contributed by atoms with Crippen molar-refractivity contribution in [3.05, 3.63) is 53.3 Å². The molecule has 0 fully saturated rings. The van der Waals surface area contributed by atoms with Gasteiger partial charge in [-0.15, -0.1) is 0 Å². The van der Waals surface area contributed by atoms with Crippen molar-refractivity contribution in [1.29, 1.82) is 0 Å². The maximum atomic E-state index is 12.6. The van der Waals surface area contributed by atoms with Gasteiger partial charge in [-0.05, 0) is 50.6 Å². The first kappa shape index (κ1) is 20.0. The summed E-state index contributed by atoms with van der Waals surface area (Å²) in [5.41, 5.74) is 2.29. The molecule has 8 nitrogen and oxygen atoms in total. The third-order valence-corrected chi connectivity index (χ3v) is 5.83. The number of aromatic carboxylic acids is 1. The number of aliphatic hydroxyl groups excluding tert-OH is 1. The van der Waals surface area contributed by atoms with Gasteiger partial charge in [-0.1, -0.05) is 12.1 Å². The van der Waals surface area contributed by atoms with Gasteiger partial charge in [0.1, 0.15) is 12.4 Å². The van der Waals surface area contributed by atoms with Gasteiger partial charge in [0.15, 0.2) is 0 Å². The Morgan fingerprint density at radius 3 is 2.57 bits per heavy atom. The van der Waals surface area contributed by atoms with Gasteiger partial charge < -0.3 is 10.2 Å². The van der Waals surface area contributed by atoms with E-state index in [1.54, 1.807) is 24.5 Å². The molecule has 0 amide bonds. The number of benzene rings is 2. The topological polar surface area (TPSA) is 122 Å². The number of fused-ring (bicyclic) bond motifs is 1. The Hall–Kier alpha value is -2.75. The summed E-state index contributed by atoms with van der Waals surface area (Å²) in [6, 6.07) is 8.96. The van der Waals surface area contributed by atoms with Gasteiger partial charge in [0.25, 0.3) is 0 Å². The number of nitrogens with one attached hydrogen (secondary N) is 1. The smallest absolute Gasteiger partial charge is 0.335 e. The minimum Gasteiger partial charge on any atom is -0.478 e. The van der Waals surface area contributed by atoms with E-state index < -0.39 is 22.6 Å². The van der Waals surface area contributed by atoms with Crippen LogP contribution in [-0.2, 0) is 16.6 Å². The van der Waals surface area contributed by atoms with Gasteiger partial charge in [-0.3, -0.25) is 4.57 Å². The third kappa shape index (κ3) is 3.64. The molecule has 0 unspecified atom stereocenters. The van der Waals surface area contributed by atoms with Crippen LogP contribution in [0.15, 0.2) is 41.3 Å². The lowest BCUT2D eigenvalue weighted by molar-refractivity contribution is 0.0696. The van der Waals surface area contributed by atoms with Crippen LogP contribution in [0.4, 0.5) is 0 Å². The van der Waals surface area contributed by atoms with Crippen molar-refractivity contribution in [1.82, 2.24) is 14.3 Å². The van der Waals surface area contributed by atoms with Crippen LogP contribution in [0.25, 0.3) is 16.7 Å². The average Bonchev–Trinajstić information content (AvgIpc) is 3.00. The second kappa shape index (κ2) is 7.34. The van der Waals surface area contributed by atoms with Crippen molar-refractivity contribution in [2.45, 2.75) is 38.3 Å². The highest BCUT2D eigenvalue weighted by molar-refractivity contribution is 7.89. The van der Waals surface area contributed by atoms with Crippen LogP contribution in [0.5, 0.6) is 0 Å². The molecule has 1 aromatic heterocycles. The van der Waals surface area contributed by atoms with E-state index in [0.717, 1.165) is 11.6 Å². The van der Waals surface area contributed by atoms with E-state index >= 15 is 0 Å². The van der Waals surface area contributed by atoms with E-state index in [-0.39, 0.29) is 22.3 Å². The number of rotatable bonds is 6. The van der Waals surface area contributed by atoms with Crippen molar-refractivity contribution in [3.63, 3.8) is 0 Å². The number of sulfonamides is 1. The number of imidazole rings is 1. The fourth-order valence-electron chi connectivity index (χ4n) is 3.05. The molecular formula is C19H21N3O5S. The minimum absolute atomic E-state index is 0.172. The molecule has 9 heteroatoms. The van der Waals surface area contributed by atoms with Gasteiger partial charge in [-0.2, -0.15) is 0 Å². The lowest BCUT2D eigenvalue weighted by atomic mass is 10.2. The monoisotopic (exact) mass is 403 g/mol. The van der Waals surface area contributed by atoms with Gasteiger partial charge in [-0.25, -0.2) is 22.9 Å². The normalized spacial score (nSPS) is 12.0. The number of aliphatic hydroxyl groups is 1. The number of carbonyl (C=O) groups is 1. The predicted molar refractivity (Wildman–Crippen MR) is 104 cm³/mol. The highest BCUT2D eigenvalue weighted by Gasteiger charge is 2.21. The number of carboxylic acids is 1. The average molecular weight is 403 g/mol. The van der Waals surface area contributed by atoms with Crippen molar-refractivity contribution in [2.75, 3.05) is 0 Å². The molecular weight excluding hydrogens is 382 g/mol. The number of carboxylic acid groups (broad SMARTS) is 1. The van der Waals surface area contributed by atoms with E-state index in [9.17, 15) is 23.4 Å². The molecule has 0 radical (unpaired) electrons. The molecule has 1 heterocycles. The molecule has 2 aromatic carbocycles. The van der Waals surface area contributed by atoms with Gasteiger partial charge in [0.05, 0.1) is 21.5 Å². The van der Waals surface area contributed by atoms with Crippen LogP contribution in [0.3, 0.4) is 0 Å². The molecule has 0 aliphatic heterocycles. The number of hydrogen-bond acceptors (Lipinski definition) is 5. The van der Waals surface area contributed by atoms with Gasteiger partial charge in [0.2, 0.25) is 10.0 Å². The van der Waals surface area contributed by atoms with Crippen LogP contribution in [0.1, 0.15) is 35.6 Å². The summed E-state index contributed by atoms with van der Waals surface area (Å²) in [6.07, 6.45) is 0. The van der Waals surface area contributed by atoms with Crippen molar-refractivity contribution in [3.8, 4) is 5.69 Å². The Morgan fingerprint density at radius 1 is 1.25 bits per heavy atom. The van der Waals surface area contributed by atoms with E-state index in [0.29, 0.717) is 16.7 Å². The number of nitrogens with zero attached hydrogens (tertiary/aromatic N) is 2. The molecule has 0 spiro atoms. The van der Waals surface area contributed by atoms with Crippen molar-refractivity contribution >= 4 is 27.0 Å². The van der Waals surface area contributed by atoms with E-state index in [2.05, 4.69) is 9.71 Å². The molecule has 148 valence electrons. The molecule has 3 aromatic rings. The molecule has 0 saturated heterocycles. The first-order valence-electron chi connectivity index (χ1n) is 8.63. The first-order valence-corrected chi connectivity index (χ1v) is 10.1. The largest absolute Gasteiger partial charge is 0.478 e. The zero-order valence-electron chi connectivity index (χ0n) is 15.7. The lowest BCUT2D eigenvalue weighted by Crippen LogP contribution is -2.30. The van der Waals surface area contributed by atoms with Crippen LogP contribution in [0.2, 0.25) is 0 Å². The quantitative estimate of drug-likeness (QED) is 0.580. The summed E-state index contributed by atoms with van der Waals surface area (Å²) < 4.78 is 29.3. The Bertz CT molecular complexity index is 1170. The van der Waals surface area contributed by atoms with Gasteiger partial charge in [0, 0.05) is 11.7 Å². The van der Waals surface area contributed by atoms with Gasteiger partial charge >= 0.3 is 5.97 Å². The number of aryl methyl sites for hydroxylation is 1. The highest BCUT2D eigenvalue weighted by atomic mass is 32.2. The maximum Gasteiger partial charge on any atom is 0.335 e. The molecule has 0 saturated carbocycles. The summed E-state index contributed by atoms with van der Waals surface area (Å²) in [7, 11) is -3.92. The Morgan fingerprint density at radius 2 is 1.96 bits per heavy atom. The molecule has 28 heavy (non-hydrogen) atoms. The maximum absolute atomic E-state index is 12.6. The first-order chi connectivity index (χ1) is 13.1. The lowest BCUT2D eigenvalue weighted by Gasteiger charge is -2.14. The second-order valence-corrected chi connectivity index (χ2v) is 8.47. The Labute approximate surface area is 162 Å². The summed E-state index contributed by atoms with van der Waals surface area (Å²) in [6.45, 7) is 4.83. The molecule has 0 bridgehead atoms. The SMILES string of the molecule is Cc1cccc2c1nc(CO)n2-c1cc(C(=O)O)cc(S(=O)(=O)NC(C)C)c1. The number of para-hydroxylation sites is 1. The van der Waals surface area contributed by atoms with Crippen molar-refractivity contribution in [2.24, 2.45) is 0 Å². The number of aromatic nitrogens is 2. The summed E-state index contributed by atoms with van der Waals surface area (Å²) >= 11 is 0.